The minimum absolute atomic E-state index is 0.0715. The molecule has 0 radical (unpaired) electrons. The molecular weight excluding hydrogens is 284 g/mol. The smallest absolute Gasteiger partial charge is 0.0726 e. The lowest BCUT2D eigenvalue weighted by Crippen LogP contribution is -2.46. The Kier molecular flexibility index (Phi) is 5.18. The molecular formula is C17H27ClN2O. The maximum absolute atomic E-state index is 6.45. The van der Waals surface area contributed by atoms with E-state index in [0.717, 1.165) is 24.7 Å². The van der Waals surface area contributed by atoms with Crippen LogP contribution in [0.3, 0.4) is 0 Å². The van der Waals surface area contributed by atoms with Gasteiger partial charge in [-0.2, -0.15) is 0 Å². The number of benzene rings is 1. The molecule has 0 saturated carbocycles. The van der Waals surface area contributed by atoms with Gasteiger partial charge in [-0.05, 0) is 46.8 Å². The third kappa shape index (κ3) is 4.60. The molecule has 1 aromatic carbocycles. The summed E-state index contributed by atoms with van der Waals surface area (Å²) in [6.45, 7) is 13.4. The van der Waals surface area contributed by atoms with Gasteiger partial charge >= 0.3 is 0 Å². The van der Waals surface area contributed by atoms with Crippen LogP contribution in [0.2, 0.25) is 5.02 Å². The number of nitrogens with one attached hydrogen (secondary N) is 1. The van der Waals surface area contributed by atoms with Crippen LogP contribution in [-0.4, -0.2) is 30.8 Å². The Labute approximate surface area is 133 Å². The van der Waals surface area contributed by atoms with Gasteiger partial charge in [0, 0.05) is 41.4 Å². The Balaban J connectivity index is 2.24. The zero-order chi connectivity index (χ0) is 15.6. The molecule has 1 heterocycles. The molecule has 2 unspecified atom stereocenters. The lowest BCUT2D eigenvalue weighted by Gasteiger charge is -2.38. The summed E-state index contributed by atoms with van der Waals surface area (Å²) >= 11 is 6.45. The van der Waals surface area contributed by atoms with Crippen LogP contribution in [0.15, 0.2) is 18.2 Å². The van der Waals surface area contributed by atoms with Gasteiger partial charge in [0.25, 0.3) is 0 Å². The Morgan fingerprint density at radius 1 is 1.24 bits per heavy atom. The van der Waals surface area contributed by atoms with E-state index in [1.165, 1.54) is 11.3 Å². The predicted octanol–water partition coefficient (Wildman–Crippen LogP) is 3.84. The van der Waals surface area contributed by atoms with Crippen molar-refractivity contribution in [3.63, 3.8) is 0 Å². The molecule has 118 valence electrons. The number of hydrogen-bond donors (Lipinski definition) is 1. The average molecular weight is 311 g/mol. The van der Waals surface area contributed by atoms with E-state index in [1.54, 1.807) is 0 Å². The van der Waals surface area contributed by atoms with E-state index >= 15 is 0 Å². The normalized spacial score (nSPS) is 23.4. The molecule has 2 atom stereocenters. The molecule has 0 spiro atoms. The lowest BCUT2D eigenvalue weighted by molar-refractivity contribution is -0.00527. The highest BCUT2D eigenvalue weighted by Crippen LogP contribution is 2.30. The second kappa shape index (κ2) is 6.55. The van der Waals surface area contributed by atoms with E-state index in [0.29, 0.717) is 0 Å². The predicted molar refractivity (Wildman–Crippen MR) is 90.3 cm³/mol. The summed E-state index contributed by atoms with van der Waals surface area (Å²) in [5, 5.41) is 4.37. The number of morpholine rings is 1. The zero-order valence-corrected chi connectivity index (χ0v) is 14.5. The quantitative estimate of drug-likeness (QED) is 0.918. The fourth-order valence-electron chi connectivity index (χ4n) is 2.75. The summed E-state index contributed by atoms with van der Waals surface area (Å²) < 4.78 is 5.83. The molecule has 1 aliphatic rings. The average Bonchev–Trinajstić information content (AvgIpc) is 2.34. The van der Waals surface area contributed by atoms with Crippen LogP contribution in [-0.2, 0) is 11.3 Å². The summed E-state index contributed by atoms with van der Waals surface area (Å²) in [5.41, 5.74) is 2.47. The number of anilines is 1. The van der Waals surface area contributed by atoms with Crippen molar-refractivity contribution in [3.8, 4) is 0 Å². The molecule has 0 aromatic heterocycles. The van der Waals surface area contributed by atoms with Crippen molar-refractivity contribution in [2.24, 2.45) is 0 Å². The van der Waals surface area contributed by atoms with E-state index < -0.39 is 0 Å². The van der Waals surface area contributed by atoms with Crippen LogP contribution in [0.1, 0.15) is 40.2 Å². The van der Waals surface area contributed by atoms with Crippen molar-refractivity contribution < 1.29 is 4.74 Å². The number of halogens is 1. The van der Waals surface area contributed by atoms with Crippen LogP contribution >= 0.6 is 11.6 Å². The fraction of sp³-hybridized carbons (Fsp3) is 0.647. The maximum Gasteiger partial charge on any atom is 0.0726 e. The molecule has 3 nitrogen and oxygen atoms in total. The summed E-state index contributed by atoms with van der Waals surface area (Å²) in [6, 6.07) is 6.16. The molecule has 0 aliphatic carbocycles. The van der Waals surface area contributed by atoms with Crippen LogP contribution in [0.5, 0.6) is 0 Å². The Morgan fingerprint density at radius 2 is 1.86 bits per heavy atom. The first-order valence-electron chi connectivity index (χ1n) is 7.69. The van der Waals surface area contributed by atoms with E-state index in [4.69, 9.17) is 16.3 Å². The van der Waals surface area contributed by atoms with E-state index in [9.17, 15) is 0 Å². The summed E-state index contributed by atoms with van der Waals surface area (Å²) in [6.07, 6.45) is 0.493. The number of ether oxygens (including phenoxy) is 1. The van der Waals surface area contributed by atoms with Crippen molar-refractivity contribution in [2.75, 3.05) is 18.0 Å². The number of nitrogens with zero attached hydrogens (tertiary/aromatic N) is 1. The Morgan fingerprint density at radius 3 is 2.43 bits per heavy atom. The highest BCUT2D eigenvalue weighted by molar-refractivity contribution is 6.31. The third-order valence-electron chi connectivity index (χ3n) is 3.65. The SMILES string of the molecule is CC1CN(c2cccc(Cl)c2CNC(C)(C)C)CC(C)O1. The molecule has 4 heteroatoms. The van der Waals surface area contributed by atoms with Gasteiger partial charge in [-0.1, -0.05) is 17.7 Å². The van der Waals surface area contributed by atoms with E-state index in [-0.39, 0.29) is 17.7 Å². The zero-order valence-electron chi connectivity index (χ0n) is 13.7. The number of rotatable bonds is 3. The highest BCUT2D eigenvalue weighted by atomic mass is 35.5. The summed E-state index contributed by atoms with van der Waals surface area (Å²) in [5.74, 6) is 0. The van der Waals surface area contributed by atoms with Crippen LogP contribution < -0.4 is 10.2 Å². The minimum Gasteiger partial charge on any atom is -0.372 e. The van der Waals surface area contributed by atoms with Gasteiger partial charge in [0.05, 0.1) is 12.2 Å². The molecule has 0 bridgehead atoms. The van der Waals surface area contributed by atoms with E-state index in [1.807, 2.05) is 12.1 Å². The Hall–Kier alpha value is -0.770. The standard InChI is InChI=1S/C17H27ClN2O/c1-12-10-20(11-13(2)21-12)16-8-6-7-15(18)14(16)9-19-17(3,4)5/h6-8,12-13,19H,9-11H2,1-5H3. The second-order valence-electron chi connectivity index (χ2n) is 7.00. The van der Waals surface area contributed by atoms with Gasteiger partial charge in [0.2, 0.25) is 0 Å². The molecule has 2 rings (SSSR count). The topological polar surface area (TPSA) is 24.5 Å². The van der Waals surface area contributed by atoms with Gasteiger partial charge in [-0.3, -0.25) is 0 Å². The lowest BCUT2D eigenvalue weighted by atomic mass is 10.1. The summed E-state index contributed by atoms with van der Waals surface area (Å²) in [4.78, 5) is 2.39. The maximum atomic E-state index is 6.45. The molecule has 21 heavy (non-hydrogen) atoms. The van der Waals surface area contributed by atoms with Gasteiger partial charge in [-0.25, -0.2) is 0 Å². The van der Waals surface area contributed by atoms with Gasteiger partial charge in [0.15, 0.2) is 0 Å². The summed E-state index contributed by atoms with van der Waals surface area (Å²) in [7, 11) is 0. The van der Waals surface area contributed by atoms with Crippen molar-refractivity contribution in [1.29, 1.82) is 0 Å². The number of hydrogen-bond acceptors (Lipinski definition) is 3. The van der Waals surface area contributed by atoms with Crippen molar-refractivity contribution in [2.45, 2.75) is 58.9 Å². The van der Waals surface area contributed by atoms with Crippen LogP contribution in [0.25, 0.3) is 0 Å². The van der Waals surface area contributed by atoms with Gasteiger partial charge in [0.1, 0.15) is 0 Å². The largest absolute Gasteiger partial charge is 0.372 e. The monoisotopic (exact) mass is 310 g/mol. The molecule has 1 aromatic rings. The minimum atomic E-state index is 0.0715. The van der Waals surface area contributed by atoms with Crippen molar-refractivity contribution in [3.05, 3.63) is 28.8 Å². The molecule has 1 N–H and O–H groups in total. The first-order chi connectivity index (χ1) is 9.76. The van der Waals surface area contributed by atoms with E-state index in [2.05, 4.69) is 50.9 Å². The molecule has 1 fully saturated rings. The van der Waals surface area contributed by atoms with Crippen LogP contribution in [0, 0.1) is 0 Å². The molecule has 1 aliphatic heterocycles. The van der Waals surface area contributed by atoms with Crippen LogP contribution in [0.4, 0.5) is 5.69 Å². The molecule has 1 saturated heterocycles. The fourth-order valence-corrected chi connectivity index (χ4v) is 2.98. The third-order valence-corrected chi connectivity index (χ3v) is 4.00. The second-order valence-corrected chi connectivity index (χ2v) is 7.41. The van der Waals surface area contributed by atoms with Crippen molar-refractivity contribution >= 4 is 17.3 Å². The van der Waals surface area contributed by atoms with Gasteiger partial charge in [-0.15, -0.1) is 0 Å². The Bertz CT molecular complexity index is 474. The van der Waals surface area contributed by atoms with Crippen molar-refractivity contribution in [1.82, 2.24) is 5.32 Å². The first-order valence-corrected chi connectivity index (χ1v) is 8.07. The first kappa shape index (κ1) is 16.6. The molecule has 0 amide bonds. The highest BCUT2D eigenvalue weighted by Gasteiger charge is 2.25. The van der Waals surface area contributed by atoms with Gasteiger partial charge < -0.3 is 15.0 Å².